The third-order valence-electron chi connectivity index (χ3n) is 7.25. The SMILES string of the molecule is CC(=O)On1c(=O)n(Cc2ccc3cc4c(cc3n2)C[C@]2(C4)C(=O)NC(=O)N2C)c2cccc([N+](=O)[O-])c21. The van der Waals surface area contributed by atoms with Crippen LogP contribution in [-0.2, 0) is 29.0 Å². The van der Waals surface area contributed by atoms with Crippen LogP contribution in [0, 0.1) is 10.1 Å². The molecule has 2 aromatic heterocycles. The lowest BCUT2D eigenvalue weighted by atomic mass is 9.95. The number of nitro groups is 1. The van der Waals surface area contributed by atoms with Crippen molar-refractivity contribution in [2.45, 2.75) is 31.8 Å². The number of fused-ring (bicyclic) bond motifs is 3. The molecule has 1 spiro atoms. The van der Waals surface area contributed by atoms with Gasteiger partial charge in [0.05, 0.1) is 28.2 Å². The van der Waals surface area contributed by atoms with E-state index in [0.29, 0.717) is 28.8 Å². The Bertz CT molecular complexity index is 1810. The first-order valence-electron chi connectivity index (χ1n) is 11.7. The summed E-state index contributed by atoms with van der Waals surface area (Å²) in [4.78, 5) is 71.6. The van der Waals surface area contributed by atoms with Gasteiger partial charge in [-0.3, -0.25) is 29.8 Å². The molecule has 1 aliphatic heterocycles. The van der Waals surface area contributed by atoms with Crippen molar-refractivity contribution in [2.75, 3.05) is 7.05 Å². The highest BCUT2D eigenvalue weighted by molar-refractivity contribution is 6.08. The quantitative estimate of drug-likeness (QED) is 0.241. The maximum Gasteiger partial charge on any atom is 0.363 e. The number of nitrogens with one attached hydrogen (secondary N) is 1. The van der Waals surface area contributed by atoms with Crippen molar-refractivity contribution in [3.63, 3.8) is 0 Å². The lowest BCUT2D eigenvalue weighted by molar-refractivity contribution is -0.383. The number of pyridine rings is 1. The van der Waals surface area contributed by atoms with E-state index >= 15 is 0 Å². The number of nitro benzene ring substituents is 1. The van der Waals surface area contributed by atoms with Crippen LogP contribution < -0.4 is 15.8 Å². The molecular weight excluding hydrogens is 496 g/mol. The molecule has 1 atom stereocenters. The third kappa shape index (κ3) is 3.28. The molecule has 0 bridgehead atoms. The van der Waals surface area contributed by atoms with Crippen molar-refractivity contribution in [3.8, 4) is 0 Å². The average molecular weight is 516 g/mol. The van der Waals surface area contributed by atoms with Crippen molar-refractivity contribution in [3.05, 3.63) is 79.9 Å². The number of aromatic nitrogens is 3. The number of hydrogen-bond acceptors (Lipinski definition) is 8. The predicted molar refractivity (Wildman–Crippen MR) is 132 cm³/mol. The Kier molecular flexibility index (Phi) is 4.89. The lowest BCUT2D eigenvalue weighted by Gasteiger charge is -2.27. The molecule has 3 heterocycles. The van der Waals surface area contributed by atoms with E-state index in [4.69, 9.17) is 9.82 Å². The van der Waals surface area contributed by atoms with Gasteiger partial charge >= 0.3 is 17.7 Å². The zero-order valence-corrected chi connectivity index (χ0v) is 20.3. The molecule has 0 radical (unpaired) electrons. The number of likely N-dealkylation sites (N-methyl/N-ethyl adjacent to an activating group) is 1. The number of urea groups is 1. The summed E-state index contributed by atoms with van der Waals surface area (Å²) in [6.07, 6.45) is 0.759. The van der Waals surface area contributed by atoms with Crippen LogP contribution in [0.25, 0.3) is 21.9 Å². The maximum atomic E-state index is 13.2. The number of carbonyl (C=O) groups is 3. The number of carbonyl (C=O) groups excluding carboxylic acids is 3. The number of imidazole rings is 1. The highest BCUT2D eigenvalue weighted by Gasteiger charge is 2.54. The van der Waals surface area contributed by atoms with Gasteiger partial charge < -0.3 is 9.74 Å². The van der Waals surface area contributed by atoms with Crippen LogP contribution in [0.2, 0.25) is 0 Å². The molecule has 192 valence electrons. The van der Waals surface area contributed by atoms with E-state index in [1.807, 2.05) is 18.2 Å². The molecule has 3 amide bonds. The topological polar surface area (TPSA) is 159 Å². The third-order valence-corrected chi connectivity index (χ3v) is 7.25. The zero-order chi connectivity index (χ0) is 26.9. The summed E-state index contributed by atoms with van der Waals surface area (Å²) in [5.41, 5.74) is 0.963. The Morgan fingerprint density at radius 1 is 1.16 bits per heavy atom. The van der Waals surface area contributed by atoms with Crippen LogP contribution in [0.3, 0.4) is 0 Å². The number of hydrogen-bond donors (Lipinski definition) is 1. The molecular formula is C25H20N6O7. The monoisotopic (exact) mass is 516 g/mol. The van der Waals surface area contributed by atoms with Crippen molar-refractivity contribution in [1.29, 1.82) is 0 Å². The van der Waals surface area contributed by atoms with E-state index in [1.165, 1.54) is 27.7 Å². The van der Waals surface area contributed by atoms with Gasteiger partial charge in [0.15, 0.2) is 5.52 Å². The summed E-state index contributed by atoms with van der Waals surface area (Å²) in [7, 11) is 1.61. The van der Waals surface area contributed by atoms with Crippen LogP contribution in [0.5, 0.6) is 0 Å². The first-order valence-corrected chi connectivity index (χ1v) is 11.7. The number of para-hydroxylation sites is 1. The average Bonchev–Trinajstić information content (AvgIpc) is 3.44. The van der Waals surface area contributed by atoms with Crippen molar-refractivity contribution in [2.24, 2.45) is 0 Å². The molecule has 0 unspecified atom stereocenters. The van der Waals surface area contributed by atoms with Gasteiger partial charge in [-0.1, -0.05) is 12.1 Å². The fourth-order valence-electron chi connectivity index (χ4n) is 5.38. The normalized spacial score (nSPS) is 18.4. The van der Waals surface area contributed by atoms with Crippen LogP contribution in [0.1, 0.15) is 23.7 Å². The van der Waals surface area contributed by atoms with Gasteiger partial charge in [-0.15, -0.1) is 4.73 Å². The number of benzene rings is 2. The Morgan fingerprint density at radius 3 is 2.55 bits per heavy atom. The fraction of sp³-hybridized carbons (Fsp3) is 0.240. The molecule has 0 saturated carbocycles. The Hall–Kier alpha value is -5.07. The number of amides is 3. The minimum atomic E-state index is -0.958. The van der Waals surface area contributed by atoms with Crippen LogP contribution >= 0.6 is 0 Å². The predicted octanol–water partition coefficient (Wildman–Crippen LogP) is 1.30. The number of non-ortho nitro benzene ring substituents is 1. The van der Waals surface area contributed by atoms with E-state index in [0.717, 1.165) is 23.4 Å². The highest BCUT2D eigenvalue weighted by atomic mass is 16.7. The lowest BCUT2D eigenvalue weighted by Crippen LogP contribution is -2.48. The van der Waals surface area contributed by atoms with E-state index in [9.17, 15) is 29.3 Å². The molecule has 2 aliphatic rings. The smallest absolute Gasteiger partial charge is 0.332 e. The van der Waals surface area contributed by atoms with Crippen molar-refractivity contribution >= 4 is 45.5 Å². The second-order valence-corrected chi connectivity index (χ2v) is 9.47. The molecule has 1 N–H and O–H groups in total. The molecule has 2 aromatic carbocycles. The largest absolute Gasteiger partial charge is 0.363 e. The molecule has 13 nitrogen and oxygen atoms in total. The maximum absolute atomic E-state index is 13.2. The molecule has 6 rings (SSSR count). The summed E-state index contributed by atoms with van der Waals surface area (Å²) in [5.74, 6) is -1.13. The standard InChI is InChI=1S/C25H20N6O7/c1-13(32)38-30-21-19(4-3-5-20(21)31(36)37)29(24(30)35)12-17-7-6-14-8-15-10-25(11-16(15)9-18(14)26-17)22(33)27-23(34)28(25)2/h3-9H,10-12H2,1-2H3,(H,27,33,34)/t25-/m1/s1. The van der Waals surface area contributed by atoms with E-state index in [2.05, 4.69) is 5.32 Å². The first kappa shape index (κ1) is 23.3. The van der Waals surface area contributed by atoms with Crippen LogP contribution in [-0.4, -0.2) is 54.6 Å². The summed E-state index contributed by atoms with van der Waals surface area (Å²) < 4.78 is 1.89. The summed E-state index contributed by atoms with van der Waals surface area (Å²) in [6.45, 7) is 1.06. The second-order valence-electron chi connectivity index (χ2n) is 9.47. The zero-order valence-electron chi connectivity index (χ0n) is 20.3. The van der Waals surface area contributed by atoms with Crippen molar-refractivity contribution in [1.82, 2.24) is 24.5 Å². The molecule has 1 saturated heterocycles. The van der Waals surface area contributed by atoms with Gasteiger partial charge in [0.2, 0.25) is 0 Å². The van der Waals surface area contributed by atoms with Crippen LogP contribution in [0.15, 0.2) is 47.3 Å². The molecule has 38 heavy (non-hydrogen) atoms. The fourth-order valence-corrected chi connectivity index (χ4v) is 5.38. The summed E-state index contributed by atoms with van der Waals surface area (Å²) >= 11 is 0. The number of nitrogens with zero attached hydrogens (tertiary/aromatic N) is 5. The molecule has 1 aliphatic carbocycles. The molecule has 1 fully saturated rings. The van der Waals surface area contributed by atoms with Gasteiger partial charge in [0.25, 0.3) is 11.6 Å². The molecule has 13 heteroatoms. The van der Waals surface area contributed by atoms with Gasteiger partial charge in [0.1, 0.15) is 5.54 Å². The minimum absolute atomic E-state index is 0.0403. The number of rotatable bonds is 4. The Balaban J connectivity index is 1.41. The van der Waals surface area contributed by atoms with Gasteiger partial charge in [-0.05, 0) is 35.4 Å². The summed E-state index contributed by atoms with van der Waals surface area (Å²) in [6, 6.07) is 11.2. The van der Waals surface area contributed by atoms with Crippen LogP contribution in [0.4, 0.5) is 10.5 Å². The van der Waals surface area contributed by atoms with E-state index in [1.54, 1.807) is 13.1 Å². The van der Waals surface area contributed by atoms with Gasteiger partial charge in [-0.2, -0.15) is 0 Å². The number of imide groups is 1. The van der Waals surface area contributed by atoms with Gasteiger partial charge in [-0.25, -0.2) is 14.4 Å². The Morgan fingerprint density at radius 2 is 1.89 bits per heavy atom. The van der Waals surface area contributed by atoms with Gasteiger partial charge in [0, 0.05) is 38.3 Å². The van der Waals surface area contributed by atoms with E-state index < -0.39 is 28.2 Å². The molecule has 4 aromatic rings. The highest BCUT2D eigenvalue weighted by Crippen LogP contribution is 2.38. The van der Waals surface area contributed by atoms with E-state index in [-0.39, 0.29) is 29.2 Å². The minimum Gasteiger partial charge on any atom is -0.332 e. The summed E-state index contributed by atoms with van der Waals surface area (Å²) in [5, 5.41) is 14.8. The first-order chi connectivity index (χ1) is 18.1. The second kappa shape index (κ2) is 7.96. The Labute approximate surface area is 213 Å². The van der Waals surface area contributed by atoms with Crippen molar-refractivity contribution < 1.29 is 24.1 Å².